The normalized spacial score (nSPS) is 13.2. The number of nitrogens with zero attached hydrogens (tertiary/aromatic N) is 3. The van der Waals surface area contributed by atoms with Crippen molar-refractivity contribution in [2.75, 3.05) is 18.0 Å². The van der Waals surface area contributed by atoms with Gasteiger partial charge in [-0.2, -0.15) is 0 Å². The molecule has 1 aromatic heterocycles. The molecule has 9 heteroatoms. The number of carbonyl (C=O) groups excluding carboxylic acids is 4. The maximum absolute atomic E-state index is 13.5. The third-order valence-corrected chi connectivity index (χ3v) is 5.54. The van der Waals surface area contributed by atoms with Crippen LogP contribution in [0.4, 0.5) is 5.69 Å². The number of aromatic nitrogens is 1. The van der Waals surface area contributed by atoms with E-state index in [2.05, 4.69) is 4.98 Å². The van der Waals surface area contributed by atoms with Crippen molar-refractivity contribution in [3.8, 4) is 0 Å². The Balaban J connectivity index is 1.70. The van der Waals surface area contributed by atoms with E-state index in [1.54, 1.807) is 57.3 Å². The summed E-state index contributed by atoms with van der Waals surface area (Å²) in [5, 5.41) is 1.62. The minimum absolute atomic E-state index is 0.236. The van der Waals surface area contributed by atoms with E-state index in [9.17, 15) is 19.2 Å². The van der Waals surface area contributed by atoms with Crippen LogP contribution >= 0.6 is 11.6 Å². The predicted molar refractivity (Wildman–Crippen MR) is 127 cm³/mol. The number of esters is 1. The van der Waals surface area contributed by atoms with E-state index < -0.39 is 42.4 Å². The Morgan fingerprint density at radius 3 is 2.26 bits per heavy atom. The van der Waals surface area contributed by atoms with Crippen molar-refractivity contribution in [3.05, 3.63) is 71.0 Å². The highest BCUT2D eigenvalue weighted by Crippen LogP contribution is 2.32. The zero-order chi connectivity index (χ0) is 24.6. The van der Waals surface area contributed by atoms with Gasteiger partial charge in [0.25, 0.3) is 11.8 Å². The number of benzene rings is 2. The van der Waals surface area contributed by atoms with Crippen molar-refractivity contribution in [1.29, 1.82) is 0 Å². The van der Waals surface area contributed by atoms with E-state index in [1.807, 2.05) is 0 Å². The quantitative estimate of drug-likeness (QED) is 0.407. The monoisotopic (exact) mass is 479 g/mol. The van der Waals surface area contributed by atoms with Gasteiger partial charge in [-0.15, -0.1) is 0 Å². The molecule has 3 amide bonds. The van der Waals surface area contributed by atoms with Crippen LogP contribution in [0, 0.1) is 0 Å². The highest BCUT2D eigenvalue weighted by molar-refractivity contribution is 6.36. The van der Waals surface area contributed by atoms with Gasteiger partial charge < -0.3 is 4.74 Å². The summed E-state index contributed by atoms with van der Waals surface area (Å²) in [5.74, 6) is -2.40. The molecule has 0 saturated heterocycles. The molecule has 1 aliphatic heterocycles. The SMILES string of the molecule is CC(C)(C)OC(=O)CN(C(=O)CN1C(=O)c2ccccc2C1=O)c1ccc(Cl)c2ccncc12. The lowest BCUT2D eigenvalue weighted by atomic mass is 10.1. The summed E-state index contributed by atoms with van der Waals surface area (Å²) in [4.78, 5) is 57.9. The van der Waals surface area contributed by atoms with Crippen LogP contribution in [0.3, 0.4) is 0 Å². The second-order valence-corrected chi connectivity index (χ2v) is 9.20. The van der Waals surface area contributed by atoms with Gasteiger partial charge in [-0.1, -0.05) is 23.7 Å². The number of pyridine rings is 1. The topological polar surface area (TPSA) is 96.9 Å². The number of carbonyl (C=O) groups is 4. The van der Waals surface area contributed by atoms with E-state index in [1.165, 1.54) is 23.2 Å². The second-order valence-electron chi connectivity index (χ2n) is 8.80. The highest BCUT2D eigenvalue weighted by atomic mass is 35.5. The fourth-order valence-electron chi connectivity index (χ4n) is 3.79. The summed E-state index contributed by atoms with van der Waals surface area (Å²) in [5.41, 5.74) is 0.0676. The van der Waals surface area contributed by atoms with Crippen molar-refractivity contribution in [2.24, 2.45) is 0 Å². The average Bonchev–Trinajstić information content (AvgIpc) is 3.02. The van der Waals surface area contributed by atoms with Crippen molar-refractivity contribution >= 4 is 51.8 Å². The lowest BCUT2D eigenvalue weighted by molar-refractivity contribution is -0.153. The van der Waals surface area contributed by atoms with E-state index >= 15 is 0 Å². The molecule has 34 heavy (non-hydrogen) atoms. The summed E-state index contributed by atoms with van der Waals surface area (Å²) in [6, 6.07) is 11.3. The standard InChI is InChI=1S/C25H22ClN3O5/c1-25(2,3)34-22(31)14-28(20-9-8-19(26)15-10-11-27-12-18(15)20)21(30)13-29-23(32)16-6-4-5-7-17(16)24(29)33/h4-12H,13-14H2,1-3H3. The number of hydrogen-bond donors (Lipinski definition) is 0. The highest BCUT2D eigenvalue weighted by Gasteiger charge is 2.38. The summed E-state index contributed by atoms with van der Waals surface area (Å²) >= 11 is 6.31. The Hall–Kier alpha value is -3.78. The Morgan fingerprint density at radius 1 is 1.00 bits per heavy atom. The molecular formula is C25H22ClN3O5. The molecule has 0 radical (unpaired) electrons. The first-order valence-electron chi connectivity index (χ1n) is 10.6. The fraction of sp³-hybridized carbons (Fsp3) is 0.240. The van der Waals surface area contributed by atoms with Crippen molar-refractivity contribution < 1.29 is 23.9 Å². The number of anilines is 1. The van der Waals surface area contributed by atoms with Gasteiger partial charge in [0.05, 0.1) is 16.8 Å². The Kier molecular flexibility index (Phi) is 6.10. The van der Waals surface area contributed by atoms with Gasteiger partial charge in [-0.05, 0) is 51.1 Å². The molecule has 0 aliphatic carbocycles. The van der Waals surface area contributed by atoms with E-state index in [-0.39, 0.29) is 11.1 Å². The number of rotatable bonds is 5. The van der Waals surface area contributed by atoms with Crippen LogP contribution in [0.25, 0.3) is 10.8 Å². The maximum atomic E-state index is 13.5. The van der Waals surface area contributed by atoms with Gasteiger partial charge in [-0.3, -0.25) is 34.0 Å². The number of imide groups is 1. The van der Waals surface area contributed by atoms with Crippen LogP contribution in [-0.2, 0) is 14.3 Å². The van der Waals surface area contributed by atoms with Gasteiger partial charge >= 0.3 is 5.97 Å². The largest absolute Gasteiger partial charge is 0.459 e. The molecule has 8 nitrogen and oxygen atoms in total. The average molecular weight is 480 g/mol. The zero-order valence-electron chi connectivity index (χ0n) is 18.9. The maximum Gasteiger partial charge on any atom is 0.326 e. The zero-order valence-corrected chi connectivity index (χ0v) is 19.6. The first-order chi connectivity index (χ1) is 16.1. The molecular weight excluding hydrogens is 458 g/mol. The molecule has 3 aromatic rings. The number of halogens is 1. The van der Waals surface area contributed by atoms with E-state index in [0.29, 0.717) is 21.5 Å². The van der Waals surface area contributed by atoms with Crippen molar-refractivity contribution in [3.63, 3.8) is 0 Å². The van der Waals surface area contributed by atoms with Gasteiger partial charge in [-0.25, -0.2) is 0 Å². The first kappa shape index (κ1) is 23.4. The second kappa shape index (κ2) is 8.87. The number of amides is 3. The first-order valence-corrected chi connectivity index (χ1v) is 10.9. The summed E-state index contributed by atoms with van der Waals surface area (Å²) in [6.45, 7) is 4.19. The molecule has 0 atom stereocenters. The predicted octanol–water partition coefficient (Wildman–Crippen LogP) is 3.86. The van der Waals surface area contributed by atoms with E-state index in [0.717, 1.165) is 4.90 Å². The molecule has 0 N–H and O–H groups in total. The number of ether oxygens (including phenoxy) is 1. The molecule has 4 rings (SSSR count). The van der Waals surface area contributed by atoms with Crippen LogP contribution in [-0.4, -0.2) is 52.3 Å². The molecule has 0 unspecified atom stereocenters. The van der Waals surface area contributed by atoms with Gasteiger partial charge in [0.2, 0.25) is 5.91 Å². The molecule has 0 saturated carbocycles. The van der Waals surface area contributed by atoms with Crippen LogP contribution in [0.15, 0.2) is 54.9 Å². The Labute approximate surface area is 201 Å². The van der Waals surface area contributed by atoms with Crippen molar-refractivity contribution in [2.45, 2.75) is 26.4 Å². The van der Waals surface area contributed by atoms with Crippen LogP contribution < -0.4 is 4.90 Å². The number of fused-ring (bicyclic) bond motifs is 2. The fourth-order valence-corrected chi connectivity index (χ4v) is 4.02. The third kappa shape index (κ3) is 4.49. The van der Waals surface area contributed by atoms with Crippen LogP contribution in [0.2, 0.25) is 5.02 Å². The minimum atomic E-state index is -0.766. The molecule has 2 heterocycles. The molecule has 174 valence electrons. The Bertz CT molecular complexity index is 1300. The van der Waals surface area contributed by atoms with Crippen molar-refractivity contribution in [1.82, 2.24) is 9.88 Å². The Morgan fingerprint density at radius 2 is 1.65 bits per heavy atom. The van der Waals surface area contributed by atoms with Gasteiger partial charge in [0.1, 0.15) is 18.7 Å². The summed E-state index contributed by atoms with van der Waals surface area (Å²) in [6.07, 6.45) is 3.10. The molecule has 2 aromatic carbocycles. The lowest BCUT2D eigenvalue weighted by Crippen LogP contribution is -2.45. The molecule has 0 spiro atoms. The van der Waals surface area contributed by atoms with Crippen LogP contribution in [0.1, 0.15) is 41.5 Å². The molecule has 0 bridgehead atoms. The van der Waals surface area contributed by atoms with Crippen LogP contribution in [0.5, 0.6) is 0 Å². The minimum Gasteiger partial charge on any atom is -0.459 e. The molecule has 1 aliphatic rings. The molecule has 0 fully saturated rings. The van der Waals surface area contributed by atoms with E-state index in [4.69, 9.17) is 16.3 Å². The third-order valence-electron chi connectivity index (χ3n) is 5.21. The smallest absolute Gasteiger partial charge is 0.326 e. The van der Waals surface area contributed by atoms with Gasteiger partial charge in [0.15, 0.2) is 0 Å². The lowest BCUT2D eigenvalue weighted by Gasteiger charge is -2.27. The summed E-state index contributed by atoms with van der Waals surface area (Å²) in [7, 11) is 0. The number of hydrogen-bond acceptors (Lipinski definition) is 6. The summed E-state index contributed by atoms with van der Waals surface area (Å²) < 4.78 is 5.42. The van der Waals surface area contributed by atoms with Gasteiger partial charge in [0, 0.05) is 28.2 Å².